The summed E-state index contributed by atoms with van der Waals surface area (Å²) in [4.78, 5) is 15.0. The average molecular weight is 408 g/mol. The molecule has 0 bridgehead atoms. The van der Waals surface area contributed by atoms with Gasteiger partial charge in [0.2, 0.25) is 0 Å². The summed E-state index contributed by atoms with van der Waals surface area (Å²) in [6.45, 7) is 0. The van der Waals surface area contributed by atoms with Crippen molar-refractivity contribution in [3.05, 3.63) is 69.2 Å². The highest BCUT2D eigenvalue weighted by Crippen LogP contribution is 2.31. The Hall–Kier alpha value is -3.90. The molecule has 9 heteroatoms. The molecular formula is C20H16N4O4S. The quantitative estimate of drug-likeness (QED) is 0.342. The summed E-state index contributed by atoms with van der Waals surface area (Å²) < 4.78 is 10.5. The number of anilines is 1. The second kappa shape index (κ2) is 8.86. The van der Waals surface area contributed by atoms with Gasteiger partial charge in [0.15, 0.2) is 11.5 Å². The lowest BCUT2D eigenvalue weighted by Crippen LogP contribution is -1.94. The van der Waals surface area contributed by atoms with Crippen molar-refractivity contribution in [3.63, 3.8) is 0 Å². The molecule has 146 valence electrons. The number of thiazole rings is 1. The number of benzene rings is 2. The summed E-state index contributed by atoms with van der Waals surface area (Å²) >= 11 is 1.28. The number of nitrogens with one attached hydrogen (secondary N) is 1. The van der Waals surface area contributed by atoms with E-state index < -0.39 is 4.92 Å². The summed E-state index contributed by atoms with van der Waals surface area (Å²) in [6.07, 6.45) is 1.55. The number of nitriles is 1. The molecule has 0 atom stereocenters. The minimum atomic E-state index is -0.454. The minimum absolute atomic E-state index is 0.0109. The van der Waals surface area contributed by atoms with Gasteiger partial charge in [-0.15, -0.1) is 11.3 Å². The number of hydrogen-bond donors (Lipinski definition) is 1. The smallest absolute Gasteiger partial charge is 0.270 e. The van der Waals surface area contributed by atoms with Gasteiger partial charge in [0.05, 0.1) is 24.8 Å². The first-order chi connectivity index (χ1) is 14.0. The molecule has 0 saturated heterocycles. The average Bonchev–Trinajstić information content (AvgIpc) is 3.24. The number of allylic oxidation sites excluding steroid dienone is 1. The fourth-order valence-electron chi connectivity index (χ4n) is 2.53. The van der Waals surface area contributed by atoms with Crippen molar-refractivity contribution in [2.24, 2.45) is 0 Å². The van der Waals surface area contributed by atoms with Gasteiger partial charge in [-0.25, -0.2) is 4.98 Å². The van der Waals surface area contributed by atoms with E-state index in [1.54, 1.807) is 56.1 Å². The van der Waals surface area contributed by atoms with E-state index in [0.717, 1.165) is 0 Å². The largest absolute Gasteiger partial charge is 0.493 e. The van der Waals surface area contributed by atoms with Crippen LogP contribution in [0.4, 0.5) is 11.4 Å². The SMILES string of the molecule is COc1ccc(N/C=C(/C#N)c2nc(-c3cccc([N+](=O)[O-])c3)cs2)cc1OC. The van der Waals surface area contributed by atoms with Crippen LogP contribution in [0.25, 0.3) is 16.8 Å². The van der Waals surface area contributed by atoms with Crippen LogP contribution in [0.1, 0.15) is 5.01 Å². The van der Waals surface area contributed by atoms with Crippen LogP contribution in [-0.2, 0) is 0 Å². The van der Waals surface area contributed by atoms with Gasteiger partial charge in [-0.2, -0.15) is 5.26 Å². The molecule has 3 aromatic rings. The Morgan fingerprint density at radius 2 is 2.03 bits per heavy atom. The van der Waals surface area contributed by atoms with Crippen molar-refractivity contribution in [1.82, 2.24) is 4.98 Å². The maximum Gasteiger partial charge on any atom is 0.270 e. The molecule has 1 N–H and O–H groups in total. The lowest BCUT2D eigenvalue weighted by atomic mass is 10.1. The van der Waals surface area contributed by atoms with Gasteiger partial charge < -0.3 is 14.8 Å². The highest BCUT2D eigenvalue weighted by molar-refractivity contribution is 7.11. The number of nitrogens with zero attached hydrogens (tertiary/aromatic N) is 3. The topological polar surface area (TPSA) is 110 Å². The van der Waals surface area contributed by atoms with E-state index >= 15 is 0 Å². The third-order valence-corrected chi connectivity index (χ3v) is 4.85. The van der Waals surface area contributed by atoms with Gasteiger partial charge >= 0.3 is 0 Å². The Labute approximate surface area is 170 Å². The molecule has 0 spiro atoms. The van der Waals surface area contributed by atoms with Crippen molar-refractivity contribution >= 4 is 28.3 Å². The molecule has 1 aromatic heterocycles. The molecule has 0 fully saturated rings. The summed E-state index contributed by atoms with van der Waals surface area (Å²) in [5.41, 5.74) is 2.23. The van der Waals surface area contributed by atoms with Gasteiger partial charge in [-0.05, 0) is 12.1 Å². The number of rotatable bonds is 7. The van der Waals surface area contributed by atoms with Crippen LogP contribution >= 0.6 is 11.3 Å². The molecule has 3 rings (SSSR count). The van der Waals surface area contributed by atoms with Crippen LogP contribution in [0.15, 0.2) is 54.0 Å². The number of hydrogen-bond acceptors (Lipinski definition) is 8. The van der Waals surface area contributed by atoms with Crippen LogP contribution in [0.3, 0.4) is 0 Å². The molecule has 8 nitrogen and oxygen atoms in total. The van der Waals surface area contributed by atoms with E-state index in [4.69, 9.17) is 9.47 Å². The first-order valence-electron chi connectivity index (χ1n) is 8.35. The van der Waals surface area contributed by atoms with Crippen LogP contribution in [-0.4, -0.2) is 24.1 Å². The second-order valence-electron chi connectivity index (χ2n) is 5.73. The lowest BCUT2D eigenvalue weighted by Gasteiger charge is -2.09. The molecule has 0 aliphatic carbocycles. The Bertz CT molecular complexity index is 1120. The van der Waals surface area contributed by atoms with E-state index in [1.807, 2.05) is 0 Å². The number of non-ortho nitro benzene ring substituents is 1. The fourth-order valence-corrected chi connectivity index (χ4v) is 3.33. The van der Waals surface area contributed by atoms with Crippen LogP contribution < -0.4 is 14.8 Å². The van der Waals surface area contributed by atoms with E-state index in [1.165, 1.54) is 23.5 Å². The lowest BCUT2D eigenvalue weighted by molar-refractivity contribution is -0.384. The highest BCUT2D eigenvalue weighted by atomic mass is 32.1. The van der Waals surface area contributed by atoms with E-state index in [0.29, 0.717) is 39.0 Å². The van der Waals surface area contributed by atoms with Crippen LogP contribution in [0.2, 0.25) is 0 Å². The van der Waals surface area contributed by atoms with Crippen molar-refractivity contribution < 1.29 is 14.4 Å². The predicted molar refractivity (Wildman–Crippen MR) is 111 cm³/mol. The number of nitro benzene ring substituents is 1. The number of aromatic nitrogens is 1. The predicted octanol–water partition coefficient (Wildman–Crippen LogP) is 4.71. The Morgan fingerprint density at radius 3 is 2.72 bits per heavy atom. The van der Waals surface area contributed by atoms with Crippen molar-refractivity contribution in [1.29, 1.82) is 5.26 Å². The zero-order valence-corrected chi connectivity index (χ0v) is 16.4. The number of ether oxygens (including phenoxy) is 2. The van der Waals surface area contributed by atoms with E-state index in [2.05, 4.69) is 16.4 Å². The van der Waals surface area contributed by atoms with E-state index in [9.17, 15) is 15.4 Å². The van der Waals surface area contributed by atoms with Crippen molar-refractivity contribution in [2.75, 3.05) is 19.5 Å². The molecule has 0 amide bonds. The molecule has 0 aliphatic rings. The third kappa shape index (κ3) is 4.51. The van der Waals surface area contributed by atoms with Gasteiger partial charge in [0, 0.05) is 41.0 Å². The molecule has 29 heavy (non-hydrogen) atoms. The van der Waals surface area contributed by atoms with Gasteiger partial charge in [0.1, 0.15) is 16.6 Å². The Morgan fingerprint density at radius 1 is 1.24 bits per heavy atom. The first kappa shape index (κ1) is 19.9. The van der Waals surface area contributed by atoms with Crippen LogP contribution in [0, 0.1) is 21.4 Å². The normalized spacial score (nSPS) is 10.9. The zero-order valence-electron chi connectivity index (χ0n) is 15.6. The molecule has 0 saturated carbocycles. The van der Waals surface area contributed by atoms with Crippen molar-refractivity contribution in [3.8, 4) is 28.8 Å². The molecule has 2 aromatic carbocycles. The second-order valence-corrected chi connectivity index (χ2v) is 6.59. The number of nitro groups is 1. The Balaban J connectivity index is 1.83. The van der Waals surface area contributed by atoms with E-state index in [-0.39, 0.29) is 5.69 Å². The molecule has 1 heterocycles. The maximum atomic E-state index is 11.0. The van der Waals surface area contributed by atoms with Crippen molar-refractivity contribution in [2.45, 2.75) is 0 Å². The van der Waals surface area contributed by atoms with Gasteiger partial charge in [0.25, 0.3) is 5.69 Å². The maximum absolute atomic E-state index is 11.0. The first-order valence-corrected chi connectivity index (χ1v) is 9.23. The highest BCUT2D eigenvalue weighted by Gasteiger charge is 2.12. The monoisotopic (exact) mass is 408 g/mol. The minimum Gasteiger partial charge on any atom is -0.493 e. The van der Waals surface area contributed by atoms with Gasteiger partial charge in [-0.1, -0.05) is 12.1 Å². The number of methoxy groups -OCH3 is 2. The fraction of sp³-hybridized carbons (Fsp3) is 0.100. The standard InChI is InChI=1S/C20H16N4O4S/c1-27-18-7-6-15(9-19(18)28-2)22-11-14(10-21)20-23-17(12-29-20)13-4-3-5-16(8-13)24(25)26/h3-9,11-12,22H,1-2H3/b14-11-. The molecule has 0 unspecified atom stereocenters. The summed E-state index contributed by atoms with van der Waals surface area (Å²) in [5, 5.41) is 25.8. The van der Waals surface area contributed by atoms with Crippen LogP contribution in [0.5, 0.6) is 11.5 Å². The molecular weight excluding hydrogens is 392 g/mol. The zero-order chi connectivity index (χ0) is 20.8. The third-order valence-electron chi connectivity index (χ3n) is 3.97. The Kier molecular flexibility index (Phi) is 6.06. The summed E-state index contributed by atoms with van der Waals surface area (Å²) in [6, 6.07) is 13.6. The van der Waals surface area contributed by atoms with Gasteiger partial charge in [-0.3, -0.25) is 10.1 Å². The molecule has 0 aliphatic heterocycles. The summed E-state index contributed by atoms with van der Waals surface area (Å²) in [7, 11) is 3.10. The molecule has 0 radical (unpaired) electrons. The summed E-state index contributed by atoms with van der Waals surface area (Å²) in [5.74, 6) is 1.16.